The molecule has 4 nitrogen and oxygen atoms in total. The molecule has 0 radical (unpaired) electrons. The summed E-state index contributed by atoms with van der Waals surface area (Å²) in [5, 5.41) is 8.43. The van der Waals surface area contributed by atoms with Crippen LogP contribution in [0.3, 0.4) is 0 Å². The molecule has 0 spiro atoms. The number of hydrogen-bond acceptors (Lipinski definition) is 3. The summed E-state index contributed by atoms with van der Waals surface area (Å²) in [6.07, 6.45) is 5.41. The van der Waals surface area contributed by atoms with E-state index in [9.17, 15) is 0 Å². The van der Waals surface area contributed by atoms with Gasteiger partial charge in [-0.25, -0.2) is 0 Å². The molecule has 0 aliphatic heterocycles. The molecule has 0 bridgehead atoms. The number of benzene rings is 1. The van der Waals surface area contributed by atoms with Gasteiger partial charge in [0.25, 0.3) is 0 Å². The zero-order chi connectivity index (χ0) is 10.5. The van der Waals surface area contributed by atoms with E-state index in [1.54, 1.807) is 11.0 Å². The van der Waals surface area contributed by atoms with Gasteiger partial charge in [0.1, 0.15) is 5.69 Å². The van der Waals surface area contributed by atoms with E-state index in [2.05, 4.69) is 10.2 Å². The van der Waals surface area contributed by atoms with Gasteiger partial charge >= 0.3 is 0 Å². The first-order valence-electron chi connectivity index (χ1n) is 4.74. The fourth-order valence-electron chi connectivity index (χ4n) is 1.23. The Morgan fingerprint density at radius 2 is 2.07 bits per heavy atom. The average Bonchev–Trinajstić information content (AvgIpc) is 2.76. The Hall–Kier alpha value is -1.94. The maximum absolute atomic E-state index is 5.35. The summed E-state index contributed by atoms with van der Waals surface area (Å²) in [5.41, 5.74) is 7.11. The van der Waals surface area contributed by atoms with Crippen LogP contribution in [0.25, 0.3) is 11.8 Å². The van der Waals surface area contributed by atoms with E-state index in [1.165, 1.54) is 0 Å². The molecule has 1 aromatic carbocycles. The van der Waals surface area contributed by atoms with Crippen LogP contribution in [0.2, 0.25) is 0 Å². The molecule has 0 aliphatic carbocycles. The van der Waals surface area contributed by atoms with Crippen LogP contribution in [-0.2, 0) is 0 Å². The minimum atomic E-state index is 0.512. The van der Waals surface area contributed by atoms with Crippen LogP contribution < -0.4 is 5.73 Å². The van der Waals surface area contributed by atoms with E-state index in [0.29, 0.717) is 6.54 Å². The molecule has 1 heterocycles. The van der Waals surface area contributed by atoms with Gasteiger partial charge in [0.05, 0.1) is 11.9 Å². The summed E-state index contributed by atoms with van der Waals surface area (Å²) in [6.45, 7) is 0.512. The van der Waals surface area contributed by atoms with Crippen molar-refractivity contribution in [2.45, 2.75) is 0 Å². The smallest absolute Gasteiger partial charge is 0.106 e. The fourth-order valence-corrected chi connectivity index (χ4v) is 1.23. The summed E-state index contributed by atoms with van der Waals surface area (Å²) >= 11 is 0. The monoisotopic (exact) mass is 200 g/mol. The first-order chi connectivity index (χ1) is 7.40. The summed E-state index contributed by atoms with van der Waals surface area (Å²) < 4.78 is 0. The van der Waals surface area contributed by atoms with Crippen molar-refractivity contribution in [1.82, 2.24) is 15.0 Å². The fraction of sp³-hybridized carbons (Fsp3) is 0.0909. The summed E-state index contributed by atoms with van der Waals surface area (Å²) in [5.74, 6) is 0. The van der Waals surface area contributed by atoms with Gasteiger partial charge in [0.15, 0.2) is 0 Å². The molecule has 0 saturated heterocycles. The van der Waals surface area contributed by atoms with Crippen LogP contribution in [0.1, 0.15) is 5.69 Å². The highest BCUT2D eigenvalue weighted by Gasteiger charge is 1.98. The Kier molecular flexibility index (Phi) is 2.90. The number of para-hydroxylation sites is 1. The lowest BCUT2D eigenvalue weighted by Crippen LogP contribution is -1.97. The first kappa shape index (κ1) is 9.61. The second-order valence-corrected chi connectivity index (χ2v) is 3.03. The number of nitrogens with two attached hydrogens (primary N) is 1. The Labute approximate surface area is 88.0 Å². The largest absolute Gasteiger partial charge is 0.327 e. The van der Waals surface area contributed by atoms with Gasteiger partial charge < -0.3 is 5.73 Å². The molecular formula is C11H12N4. The van der Waals surface area contributed by atoms with Gasteiger partial charge in [-0.3, -0.25) is 0 Å². The van der Waals surface area contributed by atoms with Gasteiger partial charge in [-0.15, -0.1) is 5.10 Å². The number of rotatable bonds is 3. The lowest BCUT2D eigenvalue weighted by atomic mass is 10.3. The van der Waals surface area contributed by atoms with Crippen LogP contribution >= 0.6 is 0 Å². The quantitative estimate of drug-likeness (QED) is 0.811. The second kappa shape index (κ2) is 4.52. The highest BCUT2D eigenvalue weighted by Crippen LogP contribution is 2.04. The van der Waals surface area contributed by atoms with Crippen LogP contribution in [0.5, 0.6) is 0 Å². The van der Waals surface area contributed by atoms with E-state index in [4.69, 9.17) is 5.73 Å². The van der Waals surface area contributed by atoms with E-state index in [-0.39, 0.29) is 0 Å². The summed E-state index contributed by atoms with van der Waals surface area (Å²) in [6, 6.07) is 9.78. The first-order valence-corrected chi connectivity index (χ1v) is 4.74. The zero-order valence-corrected chi connectivity index (χ0v) is 8.24. The molecule has 0 aliphatic rings. The highest BCUT2D eigenvalue weighted by molar-refractivity contribution is 5.43. The van der Waals surface area contributed by atoms with E-state index in [0.717, 1.165) is 11.4 Å². The van der Waals surface area contributed by atoms with Gasteiger partial charge in [-0.05, 0) is 18.2 Å². The summed E-state index contributed by atoms with van der Waals surface area (Å²) in [7, 11) is 0. The molecule has 2 N–H and O–H groups in total. The molecular weight excluding hydrogens is 188 g/mol. The lowest BCUT2D eigenvalue weighted by Gasteiger charge is -1.96. The molecule has 0 atom stereocenters. The van der Waals surface area contributed by atoms with Crippen LogP contribution in [-0.4, -0.2) is 21.5 Å². The molecule has 76 valence electrons. The van der Waals surface area contributed by atoms with E-state index >= 15 is 0 Å². The molecule has 2 rings (SSSR count). The third-order valence-electron chi connectivity index (χ3n) is 1.92. The predicted octanol–water partition coefficient (Wildman–Crippen LogP) is 1.24. The molecule has 0 saturated carbocycles. The molecule has 1 aromatic heterocycles. The number of hydrogen-bond donors (Lipinski definition) is 1. The van der Waals surface area contributed by atoms with Crippen molar-refractivity contribution in [2.24, 2.45) is 5.73 Å². The Balaban J connectivity index is 2.24. The van der Waals surface area contributed by atoms with Gasteiger partial charge in [0.2, 0.25) is 0 Å². The van der Waals surface area contributed by atoms with E-state index in [1.807, 2.05) is 42.5 Å². The minimum Gasteiger partial charge on any atom is -0.327 e. The molecule has 2 aromatic rings. The Morgan fingerprint density at radius 3 is 2.80 bits per heavy atom. The van der Waals surface area contributed by atoms with Gasteiger partial charge in [0, 0.05) is 6.54 Å². The molecule has 4 heteroatoms. The minimum absolute atomic E-state index is 0.512. The highest BCUT2D eigenvalue weighted by atomic mass is 15.5. The SMILES string of the molecule is NCC=Cc1cnn(-c2ccccc2)n1. The summed E-state index contributed by atoms with van der Waals surface area (Å²) in [4.78, 5) is 1.59. The standard InChI is InChI=1S/C11H12N4/c12-8-4-5-10-9-13-15(14-10)11-6-2-1-3-7-11/h1-7,9H,8,12H2. The van der Waals surface area contributed by atoms with Crippen LogP contribution in [0, 0.1) is 0 Å². The van der Waals surface area contributed by atoms with Crippen molar-refractivity contribution >= 4 is 6.08 Å². The Bertz CT molecular complexity index is 445. The van der Waals surface area contributed by atoms with Crippen molar-refractivity contribution in [1.29, 1.82) is 0 Å². The van der Waals surface area contributed by atoms with Crippen molar-refractivity contribution in [3.05, 3.63) is 48.3 Å². The normalized spacial score (nSPS) is 11.0. The number of nitrogens with zero attached hydrogens (tertiary/aromatic N) is 3. The van der Waals surface area contributed by atoms with Gasteiger partial charge in [-0.2, -0.15) is 9.90 Å². The van der Waals surface area contributed by atoms with Crippen molar-refractivity contribution < 1.29 is 0 Å². The Morgan fingerprint density at radius 1 is 1.27 bits per heavy atom. The van der Waals surface area contributed by atoms with Crippen molar-refractivity contribution in [3.8, 4) is 5.69 Å². The van der Waals surface area contributed by atoms with Gasteiger partial charge in [-0.1, -0.05) is 24.3 Å². The second-order valence-electron chi connectivity index (χ2n) is 3.03. The predicted molar refractivity (Wildman–Crippen MR) is 59.4 cm³/mol. The molecule has 0 unspecified atom stereocenters. The maximum Gasteiger partial charge on any atom is 0.106 e. The number of aromatic nitrogens is 3. The van der Waals surface area contributed by atoms with E-state index < -0.39 is 0 Å². The average molecular weight is 200 g/mol. The lowest BCUT2D eigenvalue weighted by molar-refractivity contribution is 0.750. The molecule has 15 heavy (non-hydrogen) atoms. The van der Waals surface area contributed by atoms with Crippen LogP contribution in [0.15, 0.2) is 42.6 Å². The topological polar surface area (TPSA) is 56.7 Å². The van der Waals surface area contributed by atoms with Crippen molar-refractivity contribution in [3.63, 3.8) is 0 Å². The van der Waals surface area contributed by atoms with Crippen molar-refractivity contribution in [2.75, 3.05) is 6.54 Å². The third kappa shape index (κ3) is 2.30. The van der Waals surface area contributed by atoms with Crippen LogP contribution in [0.4, 0.5) is 0 Å². The molecule has 0 amide bonds. The molecule has 0 fully saturated rings. The zero-order valence-electron chi connectivity index (χ0n) is 8.24. The third-order valence-corrected chi connectivity index (χ3v) is 1.92. The maximum atomic E-state index is 5.35.